The van der Waals surface area contributed by atoms with Crippen LogP contribution in [0.4, 0.5) is 10.7 Å². The van der Waals surface area contributed by atoms with Crippen LogP contribution in [0.2, 0.25) is 0 Å². The number of nitro groups is 1. The summed E-state index contributed by atoms with van der Waals surface area (Å²) >= 11 is 1.25. The molecular formula is C28H27N3O7S. The number of nitrogens with one attached hydrogen (secondary N) is 1. The quantitative estimate of drug-likeness (QED) is 0.108. The molecule has 0 saturated carbocycles. The van der Waals surface area contributed by atoms with E-state index in [-0.39, 0.29) is 42.3 Å². The Balaban J connectivity index is 1.32. The van der Waals surface area contributed by atoms with Crippen LogP contribution in [0.1, 0.15) is 69.2 Å². The summed E-state index contributed by atoms with van der Waals surface area (Å²) in [4.78, 5) is 62.2. The number of fused-ring (bicyclic) bond motifs is 1. The number of carbonyl (C=O) groups excluding carboxylic acids is 4. The van der Waals surface area contributed by atoms with Crippen molar-refractivity contribution in [1.29, 1.82) is 0 Å². The fourth-order valence-electron chi connectivity index (χ4n) is 4.39. The molecule has 0 spiro atoms. The maximum absolute atomic E-state index is 12.7. The molecule has 1 aliphatic rings. The molecule has 10 nitrogen and oxygen atoms in total. The SMILES string of the molecule is CCOC(=O)c1c(-c2ccc(C)cc2)csc1NC(=O)CCCCCN1C(=O)c2cccc([N+](=O)[O-])c2C1=O. The maximum atomic E-state index is 12.7. The number of carbonyl (C=O) groups is 4. The lowest BCUT2D eigenvalue weighted by Crippen LogP contribution is -2.30. The summed E-state index contributed by atoms with van der Waals surface area (Å²) in [5, 5.41) is 16.3. The minimum absolute atomic E-state index is 0.0342. The Morgan fingerprint density at radius 3 is 2.46 bits per heavy atom. The van der Waals surface area contributed by atoms with Crippen molar-refractivity contribution >= 4 is 45.7 Å². The van der Waals surface area contributed by atoms with Crippen molar-refractivity contribution in [3.05, 3.63) is 80.2 Å². The van der Waals surface area contributed by atoms with Crippen molar-refractivity contribution in [1.82, 2.24) is 4.90 Å². The van der Waals surface area contributed by atoms with E-state index in [2.05, 4.69) is 5.32 Å². The van der Waals surface area contributed by atoms with Gasteiger partial charge >= 0.3 is 5.97 Å². The number of rotatable bonds is 11. The molecule has 0 saturated heterocycles. The number of esters is 1. The Labute approximate surface area is 228 Å². The van der Waals surface area contributed by atoms with Gasteiger partial charge in [0.05, 0.1) is 17.1 Å². The number of hydrogen-bond acceptors (Lipinski definition) is 8. The fraction of sp³-hybridized carbons (Fsp3) is 0.286. The van der Waals surface area contributed by atoms with Crippen molar-refractivity contribution in [2.45, 2.75) is 39.5 Å². The Hall–Kier alpha value is -4.38. The third-order valence-electron chi connectivity index (χ3n) is 6.35. The number of hydrogen-bond donors (Lipinski definition) is 1. The Morgan fingerprint density at radius 2 is 1.77 bits per heavy atom. The summed E-state index contributed by atoms with van der Waals surface area (Å²) < 4.78 is 5.24. The van der Waals surface area contributed by atoms with Crippen molar-refractivity contribution in [2.24, 2.45) is 0 Å². The van der Waals surface area contributed by atoms with E-state index in [0.29, 0.717) is 35.4 Å². The standard InChI is InChI=1S/C28H27N3O7S/c1-3-38-28(35)24-20(18-13-11-17(2)12-14-18)16-39-25(24)29-22(32)10-5-4-6-15-30-26(33)19-8-7-9-21(31(36)37)23(19)27(30)34/h7-9,11-14,16H,3-6,10,15H2,1-2H3,(H,29,32). The summed E-state index contributed by atoms with van der Waals surface area (Å²) in [6, 6.07) is 11.7. The van der Waals surface area contributed by atoms with Gasteiger partial charge in [0.2, 0.25) is 5.91 Å². The highest BCUT2D eigenvalue weighted by Gasteiger charge is 2.40. The minimum Gasteiger partial charge on any atom is -0.462 e. The third kappa shape index (κ3) is 5.88. The number of aryl methyl sites for hydroxylation is 1. The third-order valence-corrected chi connectivity index (χ3v) is 7.24. The molecule has 1 N–H and O–H groups in total. The number of anilines is 1. The van der Waals surface area contributed by atoms with Crippen LogP contribution < -0.4 is 5.32 Å². The maximum Gasteiger partial charge on any atom is 0.341 e. The van der Waals surface area contributed by atoms with E-state index in [0.717, 1.165) is 16.0 Å². The molecule has 11 heteroatoms. The van der Waals surface area contributed by atoms with Crippen molar-refractivity contribution in [3.63, 3.8) is 0 Å². The first-order valence-corrected chi connectivity index (χ1v) is 13.4. The lowest BCUT2D eigenvalue weighted by atomic mass is 10.0. The number of benzene rings is 2. The first-order chi connectivity index (χ1) is 18.7. The molecular weight excluding hydrogens is 522 g/mol. The van der Waals surface area contributed by atoms with Gasteiger partial charge in [-0.15, -0.1) is 11.3 Å². The Kier molecular flexibility index (Phi) is 8.50. The molecule has 2 heterocycles. The minimum atomic E-state index is -0.673. The highest BCUT2D eigenvalue weighted by Crippen LogP contribution is 2.36. The highest BCUT2D eigenvalue weighted by molar-refractivity contribution is 7.15. The van der Waals surface area contributed by atoms with Crippen LogP contribution in [0.25, 0.3) is 11.1 Å². The zero-order valence-electron chi connectivity index (χ0n) is 21.5. The molecule has 39 heavy (non-hydrogen) atoms. The largest absolute Gasteiger partial charge is 0.462 e. The zero-order chi connectivity index (χ0) is 28.1. The average Bonchev–Trinajstić information content (AvgIpc) is 3.43. The molecule has 1 aliphatic heterocycles. The predicted molar refractivity (Wildman–Crippen MR) is 146 cm³/mol. The lowest BCUT2D eigenvalue weighted by molar-refractivity contribution is -0.385. The second kappa shape index (κ2) is 12.0. The molecule has 0 atom stereocenters. The van der Waals surface area contributed by atoms with Gasteiger partial charge in [-0.25, -0.2) is 4.79 Å². The van der Waals surface area contributed by atoms with Crippen LogP contribution in [0.3, 0.4) is 0 Å². The van der Waals surface area contributed by atoms with Crippen LogP contribution in [-0.4, -0.2) is 46.7 Å². The van der Waals surface area contributed by atoms with Crippen LogP contribution in [0, 0.1) is 17.0 Å². The van der Waals surface area contributed by atoms with Gasteiger partial charge in [0.1, 0.15) is 16.1 Å². The smallest absolute Gasteiger partial charge is 0.341 e. The molecule has 3 aromatic rings. The summed E-state index contributed by atoms with van der Waals surface area (Å²) in [5.74, 6) is -2.00. The molecule has 3 amide bonds. The second-order valence-corrected chi connectivity index (χ2v) is 9.90. The second-order valence-electron chi connectivity index (χ2n) is 9.02. The summed E-state index contributed by atoms with van der Waals surface area (Å²) in [6.07, 6.45) is 1.65. The normalized spacial score (nSPS) is 12.4. The van der Waals surface area contributed by atoms with Gasteiger partial charge in [-0.1, -0.05) is 42.3 Å². The van der Waals surface area contributed by atoms with Gasteiger partial charge in [-0.2, -0.15) is 0 Å². The van der Waals surface area contributed by atoms with E-state index in [1.165, 1.54) is 29.5 Å². The molecule has 0 radical (unpaired) electrons. The first kappa shape index (κ1) is 27.6. The molecule has 1 aromatic heterocycles. The van der Waals surface area contributed by atoms with Crippen LogP contribution in [0.15, 0.2) is 47.8 Å². The number of nitro benzene ring substituents is 1. The van der Waals surface area contributed by atoms with E-state index in [1.807, 2.05) is 36.6 Å². The van der Waals surface area contributed by atoms with Gasteiger partial charge in [-0.3, -0.25) is 29.4 Å². The molecule has 0 fully saturated rings. The fourth-order valence-corrected chi connectivity index (χ4v) is 5.37. The molecule has 0 unspecified atom stereocenters. The number of amides is 3. The van der Waals surface area contributed by atoms with Gasteiger partial charge in [0, 0.05) is 30.0 Å². The average molecular weight is 550 g/mol. The summed E-state index contributed by atoms with van der Waals surface area (Å²) in [6.45, 7) is 4.00. The number of imide groups is 1. The molecule has 2 aromatic carbocycles. The van der Waals surface area contributed by atoms with Crippen molar-refractivity contribution in [2.75, 3.05) is 18.5 Å². The number of nitrogens with zero attached hydrogens (tertiary/aromatic N) is 2. The van der Waals surface area contributed by atoms with Crippen LogP contribution in [0.5, 0.6) is 0 Å². The lowest BCUT2D eigenvalue weighted by Gasteiger charge is -2.13. The van der Waals surface area contributed by atoms with Crippen molar-refractivity contribution < 1.29 is 28.8 Å². The molecule has 0 aliphatic carbocycles. The van der Waals surface area contributed by atoms with Gasteiger partial charge in [0.15, 0.2) is 0 Å². The monoisotopic (exact) mass is 549 g/mol. The van der Waals surface area contributed by atoms with Gasteiger partial charge in [-0.05, 0) is 38.3 Å². The van der Waals surface area contributed by atoms with Gasteiger partial charge < -0.3 is 10.1 Å². The van der Waals surface area contributed by atoms with Gasteiger partial charge in [0.25, 0.3) is 17.5 Å². The number of unbranched alkanes of at least 4 members (excludes halogenated alkanes) is 2. The van der Waals surface area contributed by atoms with Crippen LogP contribution >= 0.6 is 11.3 Å². The molecule has 0 bridgehead atoms. The first-order valence-electron chi connectivity index (χ1n) is 12.5. The molecule has 4 rings (SSSR count). The number of thiophene rings is 1. The summed E-state index contributed by atoms with van der Waals surface area (Å²) in [5.41, 5.74) is 2.42. The highest BCUT2D eigenvalue weighted by atomic mass is 32.1. The van der Waals surface area contributed by atoms with Crippen LogP contribution in [-0.2, 0) is 9.53 Å². The topological polar surface area (TPSA) is 136 Å². The number of ether oxygens (including phenoxy) is 1. The van der Waals surface area contributed by atoms with E-state index in [4.69, 9.17) is 4.74 Å². The molecule has 202 valence electrons. The van der Waals surface area contributed by atoms with Crippen molar-refractivity contribution in [3.8, 4) is 11.1 Å². The van der Waals surface area contributed by atoms with E-state index < -0.39 is 22.7 Å². The zero-order valence-corrected chi connectivity index (χ0v) is 22.3. The summed E-state index contributed by atoms with van der Waals surface area (Å²) in [7, 11) is 0. The van der Waals surface area contributed by atoms with E-state index >= 15 is 0 Å². The predicted octanol–water partition coefficient (Wildman–Crippen LogP) is 5.60. The Morgan fingerprint density at radius 1 is 1.03 bits per heavy atom. The van der Waals surface area contributed by atoms with E-state index in [1.54, 1.807) is 6.92 Å². The van der Waals surface area contributed by atoms with E-state index in [9.17, 15) is 29.3 Å². The Bertz CT molecular complexity index is 1450.